The number of phosphoric acid groups is 2. The highest BCUT2D eigenvalue weighted by atomic mass is 31.2. The van der Waals surface area contributed by atoms with Gasteiger partial charge in [0.15, 0.2) is 6.10 Å². The molecular weight excluding hydrogens is 1240 g/mol. The van der Waals surface area contributed by atoms with Crippen molar-refractivity contribution in [2.45, 2.75) is 270 Å². The Morgan fingerprint density at radius 2 is 0.526 bits per heavy atom. The predicted octanol–water partition coefficient (Wildman–Crippen LogP) is 20.3. The summed E-state index contributed by atoms with van der Waals surface area (Å²) in [4.78, 5) is 58.5. The van der Waals surface area contributed by atoms with Crippen molar-refractivity contribution in [3.05, 3.63) is 158 Å². The smallest absolute Gasteiger partial charge is 0.463 e. The molecule has 0 fully saturated rings. The van der Waals surface area contributed by atoms with Gasteiger partial charge in [0.05, 0.1) is 26.4 Å². The second-order valence-electron chi connectivity index (χ2n) is 23.2. The lowest BCUT2D eigenvalue weighted by Crippen LogP contribution is -2.30. The van der Waals surface area contributed by atoms with Crippen molar-refractivity contribution in [1.29, 1.82) is 0 Å². The molecule has 95 heavy (non-hydrogen) atoms. The number of ether oxygens (including phenoxy) is 3. The van der Waals surface area contributed by atoms with Crippen molar-refractivity contribution in [2.75, 3.05) is 39.6 Å². The van der Waals surface area contributed by atoms with E-state index in [4.69, 9.17) is 32.3 Å². The Labute approximate surface area is 574 Å². The summed E-state index contributed by atoms with van der Waals surface area (Å²) >= 11 is 0. The van der Waals surface area contributed by atoms with Gasteiger partial charge in [0, 0.05) is 19.3 Å². The molecule has 540 valence electrons. The first-order valence-electron chi connectivity index (χ1n) is 35.8. The topological polar surface area (TPSA) is 231 Å². The maximum Gasteiger partial charge on any atom is 0.472 e. The normalized spacial score (nSPS) is 15.1. The van der Waals surface area contributed by atoms with E-state index >= 15 is 0 Å². The van der Waals surface area contributed by atoms with Crippen LogP contribution in [0.4, 0.5) is 0 Å². The number of allylic oxidation sites excluding steroid dienone is 26. The van der Waals surface area contributed by atoms with Crippen LogP contribution in [-0.4, -0.2) is 95.9 Å². The quantitative estimate of drug-likeness (QED) is 0.0146. The Kier molecular flexibility index (Phi) is 65.6. The zero-order valence-corrected chi connectivity index (χ0v) is 60.3. The molecule has 0 saturated heterocycles. The summed E-state index contributed by atoms with van der Waals surface area (Å²) in [5, 5.41) is 20.6. The first kappa shape index (κ1) is 90.2. The molecule has 0 aromatic rings. The highest BCUT2D eigenvalue weighted by Crippen LogP contribution is 2.45. The fourth-order valence-corrected chi connectivity index (χ4v) is 10.5. The summed E-state index contributed by atoms with van der Waals surface area (Å²) < 4.78 is 60.9. The summed E-state index contributed by atoms with van der Waals surface area (Å²) in [7, 11) is -9.81. The lowest BCUT2D eigenvalue weighted by atomic mass is 10.1. The zero-order valence-electron chi connectivity index (χ0n) is 58.5. The van der Waals surface area contributed by atoms with Crippen LogP contribution in [0.5, 0.6) is 0 Å². The van der Waals surface area contributed by atoms with Crippen LogP contribution >= 0.6 is 15.6 Å². The summed E-state index contributed by atoms with van der Waals surface area (Å²) in [5.41, 5.74) is 0. The van der Waals surface area contributed by atoms with E-state index in [9.17, 15) is 43.5 Å². The number of phosphoric ester groups is 2. The fourth-order valence-electron chi connectivity index (χ4n) is 8.87. The molecule has 0 amide bonds. The van der Waals surface area contributed by atoms with Gasteiger partial charge in [-0.15, -0.1) is 0 Å². The monoisotopic (exact) mass is 1370 g/mol. The van der Waals surface area contributed by atoms with Crippen molar-refractivity contribution >= 4 is 33.6 Å². The maximum atomic E-state index is 12.9. The van der Waals surface area contributed by atoms with Gasteiger partial charge in [0.1, 0.15) is 25.4 Å². The summed E-state index contributed by atoms with van der Waals surface area (Å²) in [6.07, 6.45) is 84.3. The van der Waals surface area contributed by atoms with Crippen molar-refractivity contribution in [2.24, 2.45) is 0 Å². The van der Waals surface area contributed by atoms with Gasteiger partial charge in [-0.25, -0.2) is 9.13 Å². The molecule has 0 bridgehead atoms. The number of carbonyl (C=O) groups is 3. The van der Waals surface area contributed by atoms with Gasteiger partial charge in [0.2, 0.25) is 0 Å². The fraction of sp³-hybridized carbons (Fsp3) is 0.623. The van der Waals surface area contributed by atoms with Gasteiger partial charge in [-0.2, -0.15) is 0 Å². The minimum absolute atomic E-state index is 0.0761. The lowest BCUT2D eigenvalue weighted by molar-refractivity contribution is -0.161. The van der Waals surface area contributed by atoms with Crippen LogP contribution in [0, 0.1) is 0 Å². The molecule has 0 radical (unpaired) electrons. The van der Waals surface area contributed by atoms with E-state index in [1.807, 2.05) is 0 Å². The van der Waals surface area contributed by atoms with Crippen molar-refractivity contribution in [3.8, 4) is 0 Å². The first-order chi connectivity index (χ1) is 46.2. The van der Waals surface area contributed by atoms with Crippen molar-refractivity contribution < 1.29 is 75.8 Å². The molecule has 4 N–H and O–H groups in total. The highest BCUT2D eigenvalue weighted by molar-refractivity contribution is 7.47. The minimum atomic E-state index is -4.94. The summed E-state index contributed by atoms with van der Waals surface area (Å²) in [6.45, 7) is 2.25. The van der Waals surface area contributed by atoms with Crippen LogP contribution in [0.1, 0.15) is 252 Å². The standard InChI is InChI=1S/C77H126O16P2/c1-4-7-10-13-16-19-22-25-28-30-32-33-34-35-36-37-39-41-43-45-48-51-54-57-60-63-75(80)87-66-72(78)67-89-94(83,84)90-68-73(79)69-91-95(85,86)92-71-74(93-77(82)65-62-59-56-53-50-47-42-27-24-21-18-15-12-9-6-3)70-88-76(81)64-61-58-55-52-49-46-44-40-38-31-29-26-23-20-17-14-11-8-5-2/h7-12,16-21,25-29,32-33,35-36,38-42,72-74,78-79H,4-6,13-15,22-24,30-31,34,37,43-71H2,1-3H3,(H,83,84)(H,85,86)/b10-7-,11-8-,12-9-,19-16-,20-17-,21-18-,28-25-,29-26-,33-32-,36-35-,40-38-,41-39-,42-27-. The lowest BCUT2D eigenvalue weighted by Gasteiger charge is -2.21. The largest absolute Gasteiger partial charge is 0.472 e. The maximum absolute atomic E-state index is 12.9. The molecule has 5 atom stereocenters. The SMILES string of the molecule is CC/C=C\C/C=C\C/C=C\C/C=C\C/C=C\C/C=C\CCCCCCCCC(=O)OCC(O)COP(=O)(O)OCC(O)COP(=O)(O)OCC(COC(=O)CCCCCCCC/C=C\C/C=C\C/C=C\C/C=C\CC)OC(=O)CCCCCCC/C=C\C/C=C\C/C=C\CC. The van der Waals surface area contributed by atoms with E-state index in [-0.39, 0.29) is 19.3 Å². The minimum Gasteiger partial charge on any atom is -0.463 e. The molecule has 0 rings (SSSR count). The third kappa shape index (κ3) is 70.3. The predicted molar refractivity (Wildman–Crippen MR) is 389 cm³/mol. The van der Waals surface area contributed by atoms with E-state index in [0.29, 0.717) is 19.3 Å². The third-order valence-electron chi connectivity index (χ3n) is 14.2. The molecule has 5 unspecified atom stereocenters. The molecule has 0 saturated carbocycles. The van der Waals surface area contributed by atoms with Gasteiger partial charge in [-0.05, 0) is 141 Å². The van der Waals surface area contributed by atoms with Crippen LogP contribution in [0.15, 0.2) is 158 Å². The van der Waals surface area contributed by atoms with Crippen LogP contribution < -0.4 is 0 Å². The number of hydrogen-bond donors (Lipinski definition) is 4. The number of aliphatic hydroxyl groups excluding tert-OH is 2. The molecule has 0 heterocycles. The summed E-state index contributed by atoms with van der Waals surface area (Å²) in [6, 6.07) is 0. The van der Waals surface area contributed by atoms with Gasteiger partial charge in [-0.1, -0.05) is 249 Å². The molecule has 18 heteroatoms. The number of aliphatic hydroxyl groups is 2. The molecule has 16 nitrogen and oxygen atoms in total. The van der Waals surface area contributed by atoms with Crippen molar-refractivity contribution in [3.63, 3.8) is 0 Å². The Morgan fingerprint density at radius 3 is 0.832 bits per heavy atom. The van der Waals surface area contributed by atoms with E-state index in [1.165, 1.54) is 0 Å². The van der Waals surface area contributed by atoms with Gasteiger partial charge < -0.3 is 34.2 Å². The molecule has 0 aromatic carbocycles. The van der Waals surface area contributed by atoms with Gasteiger partial charge >= 0.3 is 33.6 Å². The number of rotatable bonds is 66. The van der Waals surface area contributed by atoms with Crippen LogP contribution in [0.3, 0.4) is 0 Å². The molecular formula is C77H126O16P2. The third-order valence-corrected chi connectivity index (χ3v) is 16.1. The molecule has 0 spiro atoms. The Balaban J connectivity index is 4.66. The van der Waals surface area contributed by atoms with E-state index < -0.39 is 91.5 Å². The second kappa shape index (κ2) is 69.1. The van der Waals surface area contributed by atoms with Crippen LogP contribution in [-0.2, 0) is 55.8 Å². The second-order valence-corrected chi connectivity index (χ2v) is 26.1. The number of carbonyl (C=O) groups excluding carboxylic acids is 3. The molecule has 0 aliphatic rings. The van der Waals surface area contributed by atoms with Gasteiger partial charge in [0.25, 0.3) is 0 Å². The van der Waals surface area contributed by atoms with E-state index in [2.05, 4.69) is 179 Å². The van der Waals surface area contributed by atoms with E-state index in [0.717, 1.165) is 193 Å². The van der Waals surface area contributed by atoms with E-state index in [1.54, 1.807) is 0 Å². The average Bonchev–Trinajstić information content (AvgIpc) is 2.24. The number of unbranched alkanes of at least 4 members (excludes halogenated alkanes) is 17. The molecule has 0 aliphatic carbocycles. The van der Waals surface area contributed by atoms with Gasteiger partial charge in [-0.3, -0.25) is 32.5 Å². The van der Waals surface area contributed by atoms with Crippen LogP contribution in [0.2, 0.25) is 0 Å². The molecule has 0 aromatic heterocycles. The van der Waals surface area contributed by atoms with Crippen molar-refractivity contribution in [1.82, 2.24) is 0 Å². The summed E-state index contributed by atoms with van der Waals surface area (Å²) in [5.74, 6) is -1.63. The highest BCUT2D eigenvalue weighted by Gasteiger charge is 2.29. The number of hydrogen-bond acceptors (Lipinski definition) is 14. The molecule has 0 aliphatic heterocycles. The average molecular weight is 1370 g/mol. The van der Waals surface area contributed by atoms with Crippen LogP contribution in [0.25, 0.3) is 0 Å². The Bertz CT molecular complexity index is 2360. The Morgan fingerprint density at radius 1 is 0.295 bits per heavy atom. The first-order valence-corrected chi connectivity index (χ1v) is 38.8. The zero-order chi connectivity index (χ0) is 69.5. The number of esters is 3. The Hall–Kier alpha value is -4.83.